The van der Waals surface area contributed by atoms with Gasteiger partial charge < -0.3 is 10.2 Å². The normalized spacial score (nSPS) is 10.6. The maximum Gasteiger partial charge on any atom is 0.313 e. The highest BCUT2D eigenvalue weighted by Gasteiger charge is 2.13. The average Bonchev–Trinajstić information content (AvgIpc) is 2.80. The Bertz CT molecular complexity index is 558. The average molecular weight is 280 g/mol. The first kappa shape index (κ1) is 13.5. The Morgan fingerprint density at radius 3 is 2.89 bits per heavy atom. The van der Waals surface area contributed by atoms with Crippen LogP contribution in [0.4, 0.5) is 0 Å². The molecule has 0 unspecified atom stereocenters. The van der Waals surface area contributed by atoms with Gasteiger partial charge in [-0.2, -0.15) is 0 Å². The van der Waals surface area contributed by atoms with Gasteiger partial charge in [0.05, 0.1) is 12.3 Å². The SMILES string of the molecule is O=C(O)CSc1nnc(CO)n1Cc1cccnc1. The van der Waals surface area contributed by atoms with Crippen LogP contribution >= 0.6 is 11.8 Å². The number of aromatic nitrogens is 4. The van der Waals surface area contributed by atoms with Gasteiger partial charge in [-0.3, -0.25) is 14.3 Å². The van der Waals surface area contributed by atoms with Gasteiger partial charge in [0.15, 0.2) is 11.0 Å². The predicted octanol–water partition coefficient (Wildman–Crippen LogP) is 0.390. The molecular formula is C11H12N4O3S. The molecule has 0 atom stereocenters. The van der Waals surface area contributed by atoms with Crippen molar-refractivity contribution in [3.05, 3.63) is 35.9 Å². The Balaban J connectivity index is 2.21. The molecule has 0 spiro atoms. The molecule has 0 aromatic carbocycles. The van der Waals surface area contributed by atoms with Crippen LogP contribution in [-0.4, -0.2) is 41.7 Å². The number of carbonyl (C=O) groups is 1. The van der Waals surface area contributed by atoms with Gasteiger partial charge in [-0.1, -0.05) is 17.8 Å². The number of rotatable bonds is 6. The molecule has 0 saturated carbocycles. The molecule has 2 aromatic heterocycles. The Kier molecular flexibility index (Phi) is 4.48. The molecule has 0 aliphatic rings. The molecule has 0 radical (unpaired) electrons. The molecule has 2 heterocycles. The molecule has 8 heteroatoms. The number of carboxylic acid groups (broad SMARTS) is 1. The van der Waals surface area contributed by atoms with Crippen LogP contribution in [0.25, 0.3) is 0 Å². The number of aliphatic hydroxyl groups excluding tert-OH is 1. The lowest BCUT2D eigenvalue weighted by Gasteiger charge is -2.08. The summed E-state index contributed by atoms with van der Waals surface area (Å²) < 4.78 is 1.69. The van der Waals surface area contributed by atoms with Crippen molar-refractivity contribution in [2.75, 3.05) is 5.75 Å². The van der Waals surface area contributed by atoms with E-state index in [-0.39, 0.29) is 12.4 Å². The smallest absolute Gasteiger partial charge is 0.313 e. The predicted molar refractivity (Wildman–Crippen MR) is 67.6 cm³/mol. The molecule has 0 saturated heterocycles. The molecule has 7 nitrogen and oxygen atoms in total. The standard InChI is InChI=1S/C11H12N4O3S/c16-6-9-13-14-11(19-7-10(17)18)15(9)5-8-2-1-3-12-4-8/h1-4,16H,5-7H2,(H,17,18). The van der Waals surface area contributed by atoms with E-state index in [4.69, 9.17) is 5.11 Å². The lowest BCUT2D eigenvalue weighted by molar-refractivity contribution is -0.133. The van der Waals surface area contributed by atoms with E-state index in [0.29, 0.717) is 17.5 Å². The van der Waals surface area contributed by atoms with E-state index < -0.39 is 5.97 Å². The van der Waals surface area contributed by atoms with Gasteiger partial charge in [0, 0.05) is 12.4 Å². The molecule has 0 aliphatic carbocycles. The largest absolute Gasteiger partial charge is 0.481 e. The van der Waals surface area contributed by atoms with Gasteiger partial charge in [-0.25, -0.2) is 0 Å². The Morgan fingerprint density at radius 2 is 2.26 bits per heavy atom. The van der Waals surface area contributed by atoms with Gasteiger partial charge in [0.1, 0.15) is 6.61 Å². The number of thioether (sulfide) groups is 1. The van der Waals surface area contributed by atoms with Crippen molar-refractivity contribution in [2.24, 2.45) is 0 Å². The van der Waals surface area contributed by atoms with Crippen molar-refractivity contribution in [3.8, 4) is 0 Å². The Morgan fingerprint density at radius 1 is 1.42 bits per heavy atom. The van der Waals surface area contributed by atoms with Crippen LogP contribution in [0.2, 0.25) is 0 Å². The lowest BCUT2D eigenvalue weighted by Crippen LogP contribution is -2.08. The second-order valence-corrected chi connectivity index (χ2v) is 4.63. The molecule has 0 amide bonds. The van der Waals surface area contributed by atoms with Crippen molar-refractivity contribution >= 4 is 17.7 Å². The summed E-state index contributed by atoms with van der Waals surface area (Å²) in [4.78, 5) is 14.6. The molecule has 0 bridgehead atoms. The van der Waals surface area contributed by atoms with Crippen molar-refractivity contribution < 1.29 is 15.0 Å². The van der Waals surface area contributed by atoms with E-state index in [1.54, 1.807) is 17.0 Å². The maximum absolute atomic E-state index is 10.6. The third kappa shape index (κ3) is 3.52. The fourth-order valence-electron chi connectivity index (χ4n) is 1.50. The highest BCUT2D eigenvalue weighted by atomic mass is 32.2. The van der Waals surface area contributed by atoms with Crippen molar-refractivity contribution in [1.29, 1.82) is 0 Å². The van der Waals surface area contributed by atoms with Crippen LogP contribution in [0.1, 0.15) is 11.4 Å². The highest BCUT2D eigenvalue weighted by Crippen LogP contribution is 2.18. The number of hydrogen-bond acceptors (Lipinski definition) is 6. The second kappa shape index (κ2) is 6.30. The summed E-state index contributed by atoms with van der Waals surface area (Å²) in [5.41, 5.74) is 0.925. The minimum Gasteiger partial charge on any atom is -0.481 e. The van der Waals surface area contributed by atoms with Gasteiger partial charge in [0.2, 0.25) is 0 Å². The number of nitrogens with zero attached hydrogens (tertiary/aromatic N) is 4. The van der Waals surface area contributed by atoms with Crippen molar-refractivity contribution in [1.82, 2.24) is 19.7 Å². The van der Waals surface area contributed by atoms with E-state index >= 15 is 0 Å². The van der Waals surface area contributed by atoms with Crippen LogP contribution in [0.15, 0.2) is 29.7 Å². The molecule has 0 fully saturated rings. The minimum atomic E-state index is -0.925. The third-order valence-corrected chi connectivity index (χ3v) is 3.27. The zero-order valence-electron chi connectivity index (χ0n) is 9.93. The maximum atomic E-state index is 10.6. The monoisotopic (exact) mass is 280 g/mol. The molecule has 100 valence electrons. The van der Waals surface area contributed by atoms with E-state index in [2.05, 4.69) is 15.2 Å². The van der Waals surface area contributed by atoms with Crippen molar-refractivity contribution in [2.45, 2.75) is 18.3 Å². The molecular weight excluding hydrogens is 268 g/mol. The topological polar surface area (TPSA) is 101 Å². The first-order chi connectivity index (χ1) is 9.20. The third-order valence-electron chi connectivity index (χ3n) is 2.32. The van der Waals surface area contributed by atoms with Gasteiger partial charge in [-0.05, 0) is 11.6 Å². The number of aliphatic hydroxyl groups is 1. The molecule has 2 N–H and O–H groups in total. The first-order valence-electron chi connectivity index (χ1n) is 5.47. The van der Waals surface area contributed by atoms with Gasteiger partial charge in [0.25, 0.3) is 0 Å². The van der Waals surface area contributed by atoms with Crippen LogP contribution in [-0.2, 0) is 17.9 Å². The lowest BCUT2D eigenvalue weighted by atomic mass is 10.3. The fraction of sp³-hybridized carbons (Fsp3) is 0.273. The number of hydrogen-bond donors (Lipinski definition) is 2. The van der Waals surface area contributed by atoms with Crippen LogP contribution < -0.4 is 0 Å². The van der Waals surface area contributed by atoms with Crippen LogP contribution in [0.3, 0.4) is 0 Å². The molecule has 2 rings (SSSR count). The fourth-order valence-corrected chi connectivity index (χ4v) is 2.18. The Hall–Kier alpha value is -1.93. The molecule has 0 aliphatic heterocycles. The minimum absolute atomic E-state index is 0.101. The summed E-state index contributed by atoms with van der Waals surface area (Å²) in [7, 11) is 0. The Labute approximate surface area is 113 Å². The van der Waals surface area contributed by atoms with Gasteiger partial charge in [-0.15, -0.1) is 10.2 Å². The van der Waals surface area contributed by atoms with Gasteiger partial charge >= 0.3 is 5.97 Å². The summed E-state index contributed by atoms with van der Waals surface area (Å²) in [6.45, 7) is 0.194. The number of aliphatic carboxylic acids is 1. The summed E-state index contributed by atoms with van der Waals surface area (Å²) in [6.07, 6.45) is 3.37. The van der Waals surface area contributed by atoms with E-state index in [9.17, 15) is 9.90 Å². The summed E-state index contributed by atoms with van der Waals surface area (Å²) in [6, 6.07) is 3.70. The van der Waals surface area contributed by atoms with E-state index in [1.165, 1.54) is 0 Å². The molecule has 19 heavy (non-hydrogen) atoms. The number of pyridine rings is 1. The first-order valence-corrected chi connectivity index (χ1v) is 6.45. The highest BCUT2D eigenvalue weighted by molar-refractivity contribution is 7.99. The number of carboxylic acids is 1. The second-order valence-electron chi connectivity index (χ2n) is 3.69. The zero-order valence-corrected chi connectivity index (χ0v) is 10.7. The quantitative estimate of drug-likeness (QED) is 0.738. The zero-order chi connectivity index (χ0) is 13.7. The summed E-state index contributed by atoms with van der Waals surface area (Å²) >= 11 is 1.07. The van der Waals surface area contributed by atoms with E-state index in [0.717, 1.165) is 17.3 Å². The van der Waals surface area contributed by atoms with Crippen LogP contribution in [0.5, 0.6) is 0 Å². The van der Waals surface area contributed by atoms with Crippen LogP contribution in [0, 0.1) is 0 Å². The summed E-state index contributed by atoms with van der Waals surface area (Å²) in [5.74, 6) is -0.625. The summed E-state index contributed by atoms with van der Waals surface area (Å²) in [5, 5.41) is 26.1. The van der Waals surface area contributed by atoms with E-state index in [1.807, 2.05) is 12.1 Å². The van der Waals surface area contributed by atoms with Crippen molar-refractivity contribution in [3.63, 3.8) is 0 Å². The molecule has 2 aromatic rings.